The minimum absolute atomic E-state index is 0.195. The van der Waals surface area contributed by atoms with Gasteiger partial charge in [-0.2, -0.15) is 0 Å². The zero-order valence-corrected chi connectivity index (χ0v) is 15.7. The Labute approximate surface area is 158 Å². The van der Waals surface area contributed by atoms with Crippen LogP contribution in [-0.2, 0) is 4.79 Å². The second-order valence-corrected chi connectivity index (χ2v) is 6.55. The van der Waals surface area contributed by atoms with E-state index in [9.17, 15) is 14.4 Å². The molecule has 0 aliphatic heterocycles. The third-order valence-electron chi connectivity index (χ3n) is 4.49. The van der Waals surface area contributed by atoms with E-state index < -0.39 is 18.0 Å². The van der Waals surface area contributed by atoms with Gasteiger partial charge in [0.15, 0.2) is 5.78 Å². The monoisotopic (exact) mass is 368 g/mol. The van der Waals surface area contributed by atoms with Gasteiger partial charge in [-0.3, -0.25) is 9.59 Å². The first-order chi connectivity index (χ1) is 12.8. The van der Waals surface area contributed by atoms with Crippen LogP contribution >= 0.6 is 0 Å². The molecule has 6 heteroatoms. The lowest BCUT2D eigenvalue weighted by Crippen LogP contribution is -2.47. The maximum absolute atomic E-state index is 12.9. The maximum atomic E-state index is 12.9. The highest BCUT2D eigenvalue weighted by Crippen LogP contribution is 2.22. The molecule has 2 amide bonds. The number of carboxylic acid groups (broad SMARTS) is 1. The minimum Gasteiger partial charge on any atom is -0.465 e. The maximum Gasteiger partial charge on any atom is 0.405 e. The van der Waals surface area contributed by atoms with Crippen LogP contribution in [0.1, 0.15) is 41.8 Å². The molecule has 0 aliphatic carbocycles. The summed E-state index contributed by atoms with van der Waals surface area (Å²) in [5.41, 5.74) is 2.13. The summed E-state index contributed by atoms with van der Waals surface area (Å²) >= 11 is 0. The highest BCUT2D eigenvalue weighted by atomic mass is 16.4. The molecule has 0 saturated heterocycles. The Morgan fingerprint density at radius 1 is 1.07 bits per heavy atom. The van der Waals surface area contributed by atoms with Gasteiger partial charge in [0, 0.05) is 11.1 Å². The van der Waals surface area contributed by atoms with Crippen molar-refractivity contribution in [3.05, 3.63) is 65.2 Å². The first-order valence-electron chi connectivity index (χ1n) is 8.84. The second kappa shape index (κ2) is 8.98. The van der Waals surface area contributed by atoms with Crippen molar-refractivity contribution in [2.24, 2.45) is 5.92 Å². The largest absolute Gasteiger partial charge is 0.465 e. The molecule has 2 aromatic carbocycles. The zero-order chi connectivity index (χ0) is 20.0. The van der Waals surface area contributed by atoms with Crippen molar-refractivity contribution in [2.75, 3.05) is 5.32 Å². The molecule has 6 nitrogen and oxygen atoms in total. The lowest BCUT2D eigenvalue weighted by atomic mass is 9.97. The molecule has 0 bridgehead atoms. The molecule has 142 valence electrons. The number of amides is 2. The molecule has 0 aromatic heterocycles. The summed E-state index contributed by atoms with van der Waals surface area (Å²) in [5.74, 6) is -0.890. The SMILES string of the molecule is CC[C@H](C)[C@H](NC(=O)O)C(=O)Nc1ccc(C)cc1C(=O)c1ccccc1. The Hall–Kier alpha value is -3.15. The smallest absolute Gasteiger partial charge is 0.405 e. The van der Waals surface area contributed by atoms with Crippen molar-refractivity contribution >= 4 is 23.5 Å². The normalized spacial score (nSPS) is 12.7. The molecule has 2 rings (SSSR count). The van der Waals surface area contributed by atoms with E-state index in [4.69, 9.17) is 5.11 Å². The summed E-state index contributed by atoms with van der Waals surface area (Å²) in [4.78, 5) is 36.6. The number of carbonyl (C=O) groups is 3. The highest BCUT2D eigenvalue weighted by Gasteiger charge is 2.27. The van der Waals surface area contributed by atoms with E-state index in [1.807, 2.05) is 19.9 Å². The molecule has 0 aliphatic rings. The molecule has 3 N–H and O–H groups in total. The number of ketones is 1. The van der Waals surface area contributed by atoms with Crippen molar-refractivity contribution in [3.63, 3.8) is 0 Å². The number of carbonyl (C=O) groups excluding carboxylic acids is 2. The van der Waals surface area contributed by atoms with Crippen LogP contribution in [0.2, 0.25) is 0 Å². The first-order valence-corrected chi connectivity index (χ1v) is 8.84. The lowest BCUT2D eigenvalue weighted by molar-refractivity contribution is -0.119. The number of rotatable bonds is 7. The fourth-order valence-corrected chi connectivity index (χ4v) is 2.75. The Morgan fingerprint density at radius 3 is 2.33 bits per heavy atom. The predicted molar refractivity (Wildman–Crippen MR) is 104 cm³/mol. The number of benzene rings is 2. The van der Waals surface area contributed by atoms with Crippen LogP contribution in [0.5, 0.6) is 0 Å². The van der Waals surface area contributed by atoms with Crippen LogP contribution in [0.15, 0.2) is 48.5 Å². The van der Waals surface area contributed by atoms with Gasteiger partial charge in [-0.25, -0.2) is 4.79 Å². The Morgan fingerprint density at radius 2 is 1.74 bits per heavy atom. The van der Waals surface area contributed by atoms with Crippen LogP contribution in [0.4, 0.5) is 10.5 Å². The van der Waals surface area contributed by atoms with E-state index in [1.54, 1.807) is 49.4 Å². The van der Waals surface area contributed by atoms with E-state index in [-0.39, 0.29) is 11.7 Å². The summed E-state index contributed by atoms with van der Waals surface area (Å²) in [6, 6.07) is 13.1. The van der Waals surface area contributed by atoms with E-state index in [1.165, 1.54) is 0 Å². The van der Waals surface area contributed by atoms with Gasteiger partial charge in [0.05, 0.1) is 5.69 Å². The number of nitrogens with one attached hydrogen (secondary N) is 2. The molecule has 27 heavy (non-hydrogen) atoms. The molecule has 2 atom stereocenters. The Bertz CT molecular complexity index is 833. The molecule has 0 radical (unpaired) electrons. The molecule has 0 unspecified atom stereocenters. The molecule has 0 spiro atoms. The van der Waals surface area contributed by atoms with Gasteiger partial charge < -0.3 is 15.7 Å². The third-order valence-corrected chi connectivity index (χ3v) is 4.49. The van der Waals surface area contributed by atoms with E-state index in [0.29, 0.717) is 23.2 Å². The van der Waals surface area contributed by atoms with E-state index >= 15 is 0 Å². The van der Waals surface area contributed by atoms with Crippen LogP contribution < -0.4 is 10.6 Å². The standard InChI is InChI=1S/C21H24N2O4/c1-4-14(3)18(23-21(26)27)20(25)22-17-11-10-13(2)12-16(17)19(24)15-8-6-5-7-9-15/h5-12,14,18,23H,4H2,1-3H3,(H,22,25)(H,26,27)/t14-,18-/m0/s1. The average Bonchev–Trinajstić information content (AvgIpc) is 2.66. The Kier molecular flexibility index (Phi) is 6.71. The van der Waals surface area contributed by atoms with Crippen LogP contribution in [0.25, 0.3) is 0 Å². The number of aryl methyl sites for hydroxylation is 1. The van der Waals surface area contributed by atoms with E-state index in [0.717, 1.165) is 5.56 Å². The van der Waals surface area contributed by atoms with E-state index in [2.05, 4.69) is 10.6 Å². The molecular formula is C21H24N2O4. The molecule has 0 heterocycles. The van der Waals surface area contributed by atoms with Gasteiger partial charge >= 0.3 is 6.09 Å². The highest BCUT2D eigenvalue weighted by molar-refractivity contribution is 6.14. The number of hydrogen-bond acceptors (Lipinski definition) is 3. The van der Waals surface area contributed by atoms with Gasteiger partial charge in [0.1, 0.15) is 6.04 Å². The fraction of sp³-hybridized carbons (Fsp3) is 0.286. The van der Waals surface area contributed by atoms with Crippen LogP contribution in [0.3, 0.4) is 0 Å². The van der Waals surface area contributed by atoms with Crippen molar-refractivity contribution in [3.8, 4) is 0 Å². The summed E-state index contributed by atoms with van der Waals surface area (Å²) in [6.45, 7) is 5.54. The molecular weight excluding hydrogens is 344 g/mol. The molecule has 0 fully saturated rings. The van der Waals surface area contributed by atoms with Crippen molar-refractivity contribution < 1.29 is 19.5 Å². The first kappa shape index (κ1) is 20.2. The number of hydrogen-bond donors (Lipinski definition) is 3. The molecule has 2 aromatic rings. The summed E-state index contributed by atoms with van der Waals surface area (Å²) in [5, 5.41) is 14.0. The van der Waals surface area contributed by atoms with Gasteiger partial charge in [0.2, 0.25) is 5.91 Å². The lowest BCUT2D eigenvalue weighted by Gasteiger charge is -2.22. The minimum atomic E-state index is -1.26. The topological polar surface area (TPSA) is 95.5 Å². The molecule has 0 saturated carbocycles. The van der Waals surface area contributed by atoms with Gasteiger partial charge in [-0.1, -0.05) is 62.2 Å². The van der Waals surface area contributed by atoms with Gasteiger partial charge in [0.25, 0.3) is 0 Å². The Balaban J connectivity index is 2.34. The van der Waals surface area contributed by atoms with Gasteiger partial charge in [-0.15, -0.1) is 0 Å². The van der Waals surface area contributed by atoms with Crippen LogP contribution in [0, 0.1) is 12.8 Å². The fourth-order valence-electron chi connectivity index (χ4n) is 2.75. The zero-order valence-electron chi connectivity index (χ0n) is 15.7. The van der Waals surface area contributed by atoms with Crippen molar-refractivity contribution in [1.29, 1.82) is 0 Å². The van der Waals surface area contributed by atoms with Gasteiger partial charge in [-0.05, 0) is 25.0 Å². The third kappa shape index (κ3) is 5.17. The number of anilines is 1. The van der Waals surface area contributed by atoms with Crippen molar-refractivity contribution in [2.45, 2.75) is 33.2 Å². The van der Waals surface area contributed by atoms with Crippen molar-refractivity contribution in [1.82, 2.24) is 5.32 Å². The second-order valence-electron chi connectivity index (χ2n) is 6.55. The van der Waals surface area contributed by atoms with Crippen LogP contribution in [-0.4, -0.2) is 28.9 Å². The summed E-state index contributed by atoms with van der Waals surface area (Å²) < 4.78 is 0. The quantitative estimate of drug-likeness (QED) is 0.647. The summed E-state index contributed by atoms with van der Waals surface area (Å²) in [6.07, 6.45) is -0.637. The summed E-state index contributed by atoms with van der Waals surface area (Å²) in [7, 11) is 0. The average molecular weight is 368 g/mol. The predicted octanol–water partition coefficient (Wildman–Crippen LogP) is 3.85.